The van der Waals surface area contributed by atoms with Gasteiger partial charge in [0.05, 0.1) is 0 Å². The Bertz CT molecular complexity index is 167. The second-order valence-corrected chi connectivity index (χ2v) is 6.56. The van der Waals surface area contributed by atoms with Gasteiger partial charge >= 0.3 is 0 Å². The minimum atomic E-state index is 0.506. The Balaban J connectivity index is 2.48. The first-order valence-corrected chi connectivity index (χ1v) is 6.68. The van der Waals surface area contributed by atoms with Gasteiger partial charge in [-0.25, -0.2) is 0 Å². The molecule has 0 spiro atoms. The average molecular weight is 211 g/mol. The van der Waals surface area contributed by atoms with Crippen molar-refractivity contribution >= 4 is 0 Å². The Kier molecular flexibility index (Phi) is 4.64. The first-order valence-electron chi connectivity index (χ1n) is 6.68. The monoisotopic (exact) mass is 211 g/mol. The van der Waals surface area contributed by atoms with Gasteiger partial charge in [-0.2, -0.15) is 0 Å². The van der Waals surface area contributed by atoms with Crippen LogP contribution in [0.5, 0.6) is 0 Å². The molecule has 0 amide bonds. The van der Waals surface area contributed by atoms with E-state index in [2.05, 4.69) is 33.0 Å². The predicted molar refractivity (Wildman–Crippen MR) is 68.1 cm³/mol. The van der Waals surface area contributed by atoms with E-state index in [1.165, 1.54) is 51.6 Å². The standard InChI is InChI=1S/C14H29N/c1-5-6-14(8-7-13(2,3)4)9-11-15-12-10-14/h15H,5-12H2,1-4H3. The van der Waals surface area contributed by atoms with Crippen molar-refractivity contribution < 1.29 is 0 Å². The summed E-state index contributed by atoms with van der Waals surface area (Å²) in [7, 11) is 0. The summed E-state index contributed by atoms with van der Waals surface area (Å²) in [6.45, 7) is 11.9. The highest BCUT2D eigenvalue weighted by Gasteiger charge is 2.31. The first-order chi connectivity index (χ1) is 6.97. The second-order valence-electron chi connectivity index (χ2n) is 6.56. The second kappa shape index (κ2) is 5.34. The highest BCUT2D eigenvalue weighted by Crippen LogP contribution is 2.41. The molecular weight excluding hydrogens is 182 g/mol. The van der Waals surface area contributed by atoms with Crippen molar-refractivity contribution in [3.05, 3.63) is 0 Å². The summed E-state index contributed by atoms with van der Waals surface area (Å²) in [6, 6.07) is 0. The van der Waals surface area contributed by atoms with E-state index in [0.29, 0.717) is 10.8 Å². The van der Waals surface area contributed by atoms with E-state index < -0.39 is 0 Å². The molecule has 0 radical (unpaired) electrons. The number of nitrogens with one attached hydrogen (secondary N) is 1. The third-order valence-electron chi connectivity index (χ3n) is 3.85. The molecule has 90 valence electrons. The average Bonchev–Trinajstić information content (AvgIpc) is 2.16. The molecule has 15 heavy (non-hydrogen) atoms. The Labute approximate surface area is 96.0 Å². The Hall–Kier alpha value is -0.0400. The molecule has 1 rings (SSSR count). The largest absolute Gasteiger partial charge is 0.317 e. The van der Waals surface area contributed by atoms with Crippen molar-refractivity contribution in [1.82, 2.24) is 5.32 Å². The Morgan fingerprint density at radius 2 is 1.67 bits per heavy atom. The SMILES string of the molecule is CCCC1(CCC(C)(C)C)CCNCC1. The fraction of sp³-hybridized carbons (Fsp3) is 1.00. The zero-order valence-corrected chi connectivity index (χ0v) is 11.2. The van der Waals surface area contributed by atoms with Crippen LogP contribution < -0.4 is 5.32 Å². The summed E-state index contributed by atoms with van der Waals surface area (Å²) in [5.41, 5.74) is 1.18. The van der Waals surface area contributed by atoms with Crippen molar-refractivity contribution in [3.8, 4) is 0 Å². The first kappa shape index (κ1) is 13.0. The van der Waals surface area contributed by atoms with E-state index in [9.17, 15) is 0 Å². The zero-order chi connectivity index (χ0) is 11.4. The third kappa shape index (κ3) is 4.55. The van der Waals surface area contributed by atoms with Gasteiger partial charge in [0.2, 0.25) is 0 Å². The van der Waals surface area contributed by atoms with E-state index in [-0.39, 0.29) is 0 Å². The van der Waals surface area contributed by atoms with Crippen molar-refractivity contribution in [3.63, 3.8) is 0 Å². The van der Waals surface area contributed by atoms with Gasteiger partial charge in [-0.15, -0.1) is 0 Å². The highest BCUT2D eigenvalue weighted by atomic mass is 14.9. The van der Waals surface area contributed by atoms with Crippen molar-refractivity contribution in [1.29, 1.82) is 0 Å². The maximum Gasteiger partial charge on any atom is -0.00436 e. The van der Waals surface area contributed by atoms with Crippen LogP contribution >= 0.6 is 0 Å². The normalized spacial score (nSPS) is 21.6. The third-order valence-corrected chi connectivity index (χ3v) is 3.85. The van der Waals surface area contributed by atoms with Crippen LogP contribution in [-0.4, -0.2) is 13.1 Å². The van der Waals surface area contributed by atoms with Gasteiger partial charge in [0, 0.05) is 0 Å². The minimum Gasteiger partial charge on any atom is -0.317 e. The highest BCUT2D eigenvalue weighted by molar-refractivity contribution is 4.85. The number of rotatable bonds is 4. The Morgan fingerprint density at radius 1 is 1.07 bits per heavy atom. The smallest absolute Gasteiger partial charge is 0.00436 e. The molecule has 1 saturated heterocycles. The maximum atomic E-state index is 3.50. The summed E-state index contributed by atoms with van der Waals surface area (Å²) >= 11 is 0. The van der Waals surface area contributed by atoms with Crippen LogP contribution in [0.2, 0.25) is 0 Å². The van der Waals surface area contributed by atoms with Gasteiger partial charge in [0.15, 0.2) is 0 Å². The van der Waals surface area contributed by atoms with Crippen molar-refractivity contribution in [2.75, 3.05) is 13.1 Å². The van der Waals surface area contributed by atoms with E-state index in [1.807, 2.05) is 0 Å². The van der Waals surface area contributed by atoms with Crippen molar-refractivity contribution in [2.24, 2.45) is 10.8 Å². The zero-order valence-electron chi connectivity index (χ0n) is 11.2. The van der Waals surface area contributed by atoms with Crippen LogP contribution in [-0.2, 0) is 0 Å². The minimum absolute atomic E-state index is 0.506. The molecule has 1 N–H and O–H groups in total. The van der Waals surface area contributed by atoms with Gasteiger partial charge in [0.1, 0.15) is 0 Å². The molecule has 0 aromatic carbocycles. The van der Waals surface area contributed by atoms with Crippen LogP contribution in [0.25, 0.3) is 0 Å². The molecule has 1 nitrogen and oxygen atoms in total. The van der Waals surface area contributed by atoms with Gasteiger partial charge in [-0.05, 0) is 56.0 Å². The molecule has 0 aromatic rings. The summed E-state index contributed by atoms with van der Waals surface area (Å²) in [5, 5.41) is 3.50. The lowest BCUT2D eigenvalue weighted by molar-refractivity contribution is 0.141. The van der Waals surface area contributed by atoms with Gasteiger partial charge in [-0.1, -0.05) is 34.1 Å². The van der Waals surface area contributed by atoms with Crippen molar-refractivity contribution in [2.45, 2.75) is 66.2 Å². The van der Waals surface area contributed by atoms with E-state index in [0.717, 1.165) is 0 Å². The molecule has 0 bridgehead atoms. The van der Waals surface area contributed by atoms with Gasteiger partial charge in [0.25, 0.3) is 0 Å². The molecule has 0 unspecified atom stereocenters. The molecule has 0 atom stereocenters. The molecule has 0 saturated carbocycles. The molecule has 0 aromatic heterocycles. The summed E-state index contributed by atoms with van der Waals surface area (Å²) in [5.74, 6) is 0. The molecule has 1 heterocycles. The fourth-order valence-corrected chi connectivity index (χ4v) is 2.75. The molecule has 1 heteroatoms. The van der Waals surface area contributed by atoms with Crippen LogP contribution in [0.3, 0.4) is 0 Å². The number of hydrogen-bond acceptors (Lipinski definition) is 1. The molecule has 1 fully saturated rings. The fourth-order valence-electron chi connectivity index (χ4n) is 2.75. The van der Waals surface area contributed by atoms with E-state index in [4.69, 9.17) is 0 Å². The van der Waals surface area contributed by atoms with Crippen LogP contribution in [0.15, 0.2) is 0 Å². The van der Waals surface area contributed by atoms with E-state index in [1.54, 1.807) is 0 Å². The molecular formula is C14H29N. The predicted octanol–water partition coefficient (Wildman–Crippen LogP) is 3.98. The lowest BCUT2D eigenvalue weighted by Gasteiger charge is -2.39. The lowest BCUT2D eigenvalue weighted by atomic mass is 9.69. The number of hydrogen-bond donors (Lipinski definition) is 1. The van der Waals surface area contributed by atoms with Gasteiger partial charge in [-0.3, -0.25) is 0 Å². The molecule has 1 aliphatic heterocycles. The summed E-state index contributed by atoms with van der Waals surface area (Å²) in [4.78, 5) is 0. The summed E-state index contributed by atoms with van der Waals surface area (Å²) in [6.07, 6.45) is 8.40. The number of piperidine rings is 1. The van der Waals surface area contributed by atoms with Gasteiger partial charge < -0.3 is 5.32 Å². The molecule has 0 aliphatic carbocycles. The lowest BCUT2D eigenvalue weighted by Crippen LogP contribution is -2.37. The molecule has 1 aliphatic rings. The summed E-state index contributed by atoms with van der Waals surface area (Å²) < 4.78 is 0. The topological polar surface area (TPSA) is 12.0 Å². The Morgan fingerprint density at radius 3 is 2.13 bits per heavy atom. The maximum absolute atomic E-state index is 3.50. The van der Waals surface area contributed by atoms with Crippen LogP contribution in [0.4, 0.5) is 0 Å². The van der Waals surface area contributed by atoms with Crippen LogP contribution in [0.1, 0.15) is 66.2 Å². The quantitative estimate of drug-likeness (QED) is 0.741. The van der Waals surface area contributed by atoms with Crippen LogP contribution in [0, 0.1) is 10.8 Å². The van der Waals surface area contributed by atoms with E-state index >= 15 is 0 Å².